The Morgan fingerprint density at radius 3 is 1.68 bits per heavy atom. The van der Waals surface area contributed by atoms with Crippen LogP contribution in [0.15, 0.2) is 54.6 Å². The van der Waals surface area contributed by atoms with Crippen molar-refractivity contribution in [3.05, 3.63) is 54.6 Å². The first kappa shape index (κ1) is 20.2. The van der Waals surface area contributed by atoms with E-state index in [9.17, 15) is 0 Å². The van der Waals surface area contributed by atoms with Crippen molar-refractivity contribution in [3.8, 4) is 11.1 Å². The normalized spacial score (nSPS) is 17.5. The molecule has 4 unspecified atom stereocenters. The maximum Gasteiger partial charge on any atom is -0.0107 e. The molecule has 0 bridgehead atoms. The molecule has 0 spiro atoms. The van der Waals surface area contributed by atoms with Gasteiger partial charge in [0.15, 0.2) is 0 Å². The molecule has 0 aliphatic rings. The summed E-state index contributed by atoms with van der Waals surface area (Å²) < 4.78 is 0. The Hall–Kier alpha value is -1.13. The molecular weight excluding hydrogens is 319 g/mol. The highest BCUT2D eigenvalue weighted by atomic mass is 31.1. The SMILES string of the molecule is CCC(C)C(C)P(c1ccccc1-c1ccccc1)C(C)C(C)CC. The lowest BCUT2D eigenvalue weighted by Gasteiger charge is -2.38. The van der Waals surface area contributed by atoms with Crippen LogP contribution in [0.5, 0.6) is 0 Å². The minimum absolute atomic E-state index is 0.213. The van der Waals surface area contributed by atoms with Gasteiger partial charge in [0.1, 0.15) is 0 Å². The second-order valence-corrected chi connectivity index (χ2v) is 10.5. The topological polar surface area (TPSA) is 0 Å². The van der Waals surface area contributed by atoms with Gasteiger partial charge in [0.2, 0.25) is 0 Å². The molecule has 0 radical (unpaired) electrons. The van der Waals surface area contributed by atoms with Crippen molar-refractivity contribution in [1.82, 2.24) is 0 Å². The van der Waals surface area contributed by atoms with Crippen LogP contribution in [0.1, 0.15) is 54.4 Å². The van der Waals surface area contributed by atoms with Crippen LogP contribution in [0.3, 0.4) is 0 Å². The lowest BCUT2D eigenvalue weighted by Crippen LogP contribution is -2.28. The standard InChI is InChI=1S/C24H35P/c1-7-18(3)20(5)25(21(6)19(4)8-2)24-17-13-12-16-23(24)22-14-10-9-11-15-22/h9-21H,7-8H2,1-6H3. The van der Waals surface area contributed by atoms with Gasteiger partial charge in [-0.05, 0) is 39.6 Å². The van der Waals surface area contributed by atoms with Gasteiger partial charge in [-0.15, -0.1) is 0 Å². The fraction of sp³-hybridized carbons (Fsp3) is 0.500. The molecule has 0 saturated heterocycles. The van der Waals surface area contributed by atoms with E-state index in [-0.39, 0.29) is 7.92 Å². The number of rotatable bonds is 8. The highest BCUT2D eigenvalue weighted by molar-refractivity contribution is 7.67. The minimum Gasteiger partial charge on any atom is -0.0683 e. The maximum atomic E-state index is 2.50. The average Bonchev–Trinajstić information content (AvgIpc) is 2.67. The highest BCUT2D eigenvalue weighted by Crippen LogP contribution is 2.53. The van der Waals surface area contributed by atoms with Crippen molar-refractivity contribution in [2.24, 2.45) is 11.8 Å². The van der Waals surface area contributed by atoms with E-state index in [1.165, 1.54) is 24.0 Å². The van der Waals surface area contributed by atoms with Crippen molar-refractivity contribution in [1.29, 1.82) is 0 Å². The molecule has 0 aliphatic carbocycles. The predicted molar refractivity (Wildman–Crippen MR) is 116 cm³/mol. The van der Waals surface area contributed by atoms with E-state index in [0.717, 1.165) is 23.2 Å². The lowest BCUT2D eigenvalue weighted by molar-refractivity contribution is 0.524. The summed E-state index contributed by atoms with van der Waals surface area (Å²) in [6, 6.07) is 20.1. The molecule has 0 nitrogen and oxygen atoms in total. The Kier molecular flexibility index (Phi) is 7.70. The van der Waals surface area contributed by atoms with Gasteiger partial charge in [0, 0.05) is 0 Å². The third kappa shape index (κ3) is 4.73. The highest BCUT2D eigenvalue weighted by Gasteiger charge is 2.31. The average molecular weight is 355 g/mol. The van der Waals surface area contributed by atoms with Crippen LogP contribution in [0.4, 0.5) is 0 Å². The maximum absolute atomic E-state index is 2.50. The predicted octanol–water partition coefficient (Wildman–Crippen LogP) is 7.33. The Balaban J connectivity index is 2.54. The molecular formula is C24H35P. The summed E-state index contributed by atoms with van der Waals surface area (Å²) in [5.41, 5.74) is 4.29. The van der Waals surface area contributed by atoms with Crippen molar-refractivity contribution in [2.75, 3.05) is 0 Å². The summed E-state index contributed by atoms with van der Waals surface area (Å²) in [6.07, 6.45) is 2.53. The second kappa shape index (κ2) is 9.54. The van der Waals surface area contributed by atoms with E-state index < -0.39 is 0 Å². The molecule has 25 heavy (non-hydrogen) atoms. The largest absolute Gasteiger partial charge is 0.0683 e. The van der Waals surface area contributed by atoms with Crippen LogP contribution in [-0.4, -0.2) is 11.3 Å². The number of hydrogen-bond donors (Lipinski definition) is 0. The molecule has 136 valence electrons. The molecule has 2 rings (SSSR count). The van der Waals surface area contributed by atoms with E-state index in [2.05, 4.69) is 96.1 Å². The molecule has 0 heterocycles. The van der Waals surface area contributed by atoms with Crippen LogP contribution in [0, 0.1) is 11.8 Å². The Bertz CT molecular complexity index is 618. The van der Waals surface area contributed by atoms with Crippen molar-refractivity contribution in [2.45, 2.75) is 65.7 Å². The Morgan fingerprint density at radius 1 is 0.680 bits per heavy atom. The van der Waals surface area contributed by atoms with Gasteiger partial charge in [-0.1, -0.05) is 117 Å². The third-order valence-electron chi connectivity index (χ3n) is 6.08. The zero-order valence-electron chi connectivity index (χ0n) is 16.9. The van der Waals surface area contributed by atoms with Crippen LogP contribution in [0.25, 0.3) is 11.1 Å². The quantitative estimate of drug-likeness (QED) is 0.435. The Morgan fingerprint density at radius 2 is 1.16 bits per heavy atom. The minimum atomic E-state index is -0.213. The van der Waals surface area contributed by atoms with Crippen LogP contribution < -0.4 is 5.30 Å². The molecule has 2 aromatic rings. The van der Waals surface area contributed by atoms with Gasteiger partial charge < -0.3 is 0 Å². The van der Waals surface area contributed by atoms with Gasteiger partial charge in [-0.2, -0.15) is 0 Å². The molecule has 0 saturated carbocycles. The van der Waals surface area contributed by atoms with E-state index in [4.69, 9.17) is 0 Å². The van der Waals surface area contributed by atoms with Gasteiger partial charge in [0.05, 0.1) is 0 Å². The lowest BCUT2D eigenvalue weighted by atomic mass is 10.1. The number of hydrogen-bond acceptors (Lipinski definition) is 0. The van der Waals surface area contributed by atoms with Gasteiger partial charge in [-0.25, -0.2) is 0 Å². The molecule has 0 aromatic heterocycles. The Labute approximate surface area is 156 Å². The van der Waals surface area contributed by atoms with Gasteiger partial charge in [0.25, 0.3) is 0 Å². The number of benzene rings is 2. The fourth-order valence-corrected chi connectivity index (χ4v) is 7.48. The smallest absolute Gasteiger partial charge is 0.0107 e. The third-order valence-corrected chi connectivity index (χ3v) is 9.80. The first-order chi connectivity index (χ1) is 12.0. The summed E-state index contributed by atoms with van der Waals surface area (Å²) in [6.45, 7) is 14.6. The van der Waals surface area contributed by atoms with Crippen LogP contribution in [0.2, 0.25) is 0 Å². The summed E-state index contributed by atoms with van der Waals surface area (Å²) in [5, 5.41) is 1.60. The van der Waals surface area contributed by atoms with E-state index in [1.54, 1.807) is 5.30 Å². The monoisotopic (exact) mass is 354 g/mol. The molecule has 4 atom stereocenters. The molecule has 1 heteroatoms. The van der Waals surface area contributed by atoms with Crippen molar-refractivity contribution in [3.63, 3.8) is 0 Å². The summed E-state index contributed by atoms with van der Waals surface area (Å²) in [7, 11) is -0.213. The second-order valence-electron chi connectivity index (χ2n) is 7.54. The first-order valence-electron chi connectivity index (χ1n) is 9.93. The van der Waals surface area contributed by atoms with Crippen molar-refractivity contribution >= 4 is 13.2 Å². The van der Waals surface area contributed by atoms with Gasteiger partial charge in [-0.3, -0.25) is 0 Å². The summed E-state index contributed by atoms with van der Waals surface area (Å²) >= 11 is 0. The molecule has 0 aliphatic heterocycles. The summed E-state index contributed by atoms with van der Waals surface area (Å²) in [4.78, 5) is 0. The molecule has 0 N–H and O–H groups in total. The van der Waals surface area contributed by atoms with E-state index in [1.807, 2.05) is 0 Å². The zero-order valence-corrected chi connectivity index (χ0v) is 17.8. The summed E-state index contributed by atoms with van der Waals surface area (Å²) in [5.74, 6) is 1.53. The molecule has 0 amide bonds. The van der Waals surface area contributed by atoms with Gasteiger partial charge >= 0.3 is 0 Å². The first-order valence-corrected chi connectivity index (χ1v) is 11.4. The van der Waals surface area contributed by atoms with Crippen molar-refractivity contribution < 1.29 is 0 Å². The molecule has 0 fully saturated rings. The van der Waals surface area contributed by atoms with Crippen LogP contribution in [-0.2, 0) is 0 Å². The van der Waals surface area contributed by atoms with Crippen LogP contribution >= 0.6 is 7.92 Å². The fourth-order valence-electron chi connectivity index (χ4n) is 3.60. The molecule has 2 aromatic carbocycles. The van der Waals surface area contributed by atoms with E-state index >= 15 is 0 Å². The van der Waals surface area contributed by atoms with E-state index in [0.29, 0.717) is 0 Å². The zero-order chi connectivity index (χ0) is 18.4.